The SMILES string of the molecule is O=C(O)c1cccc2c1ccn2Cc1cccnc1. The Morgan fingerprint density at radius 2 is 2.11 bits per heavy atom. The van der Waals surface area contributed by atoms with Gasteiger partial charge in [0.2, 0.25) is 0 Å². The van der Waals surface area contributed by atoms with Gasteiger partial charge >= 0.3 is 5.97 Å². The van der Waals surface area contributed by atoms with Crippen molar-refractivity contribution in [2.75, 3.05) is 0 Å². The Balaban J connectivity index is 2.07. The zero-order chi connectivity index (χ0) is 13.2. The Bertz CT molecular complexity index is 732. The third-order valence-electron chi connectivity index (χ3n) is 3.12. The second-order valence-electron chi connectivity index (χ2n) is 4.35. The highest BCUT2D eigenvalue weighted by molar-refractivity contribution is 6.02. The van der Waals surface area contributed by atoms with Gasteiger partial charge in [0.15, 0.2) is 0 Å². The molecule has 2 aromatic heterocycles. The molecule has 0 saturated heterocycles. The van der Waals surface area contributed by atoms with Crippen LogP contribution in [0.3, 0.4) is 0 Å². The van der Waals surface area contributed by atoms with Crippen LogP contribution in [0.15, 0.2) is 55.0 Å². The van der Waals surface area contributed by atoms with E-state index in [4.69, 9.17) is 5.11 Å². The molecule has 0 fully saturated rings. The average molecular weight is 252 g/mol. The standard InChI is InChI=1S/C15H12N2O2/c18-15(19)13-4-1-5-14-12(13)6-8-17(14)10-11-3-2-7-16-9-11/h1-9H,10H2,(H,18,19). The maximum absolute atomic E-state index is 11.2. The third kappa shape index (κ3) is 2.08. The second-order valence-corrected chi connectivity index (χ2v) is 4.35. The molecule has 0 aliphatic heterocycles. The molecule has 0 atom stereocenters. The van der Waals surface area contributed by atoms with Gasteiger partial charge in [-0.05, 0) is 29.8 Å². The predicted octanol–water partition coefficient (Wildman–Crippen LogP) is 2.78. The van der Waals surface area contributed by atoms with Gasteiger partial charge in [0.1, 0.15) is 0 Å². The number of benzene rings is 1. The highest BCUT2D eigenvalue weighted by atomic mass is 16.4. The van der Waals surface area contributed by atoms with Crippen molar-refractivity contribution in [2.45, 2.75) is 6.54 Å². The van der Waals surface area contributed by atoms with E-state index >= 15 is 0 Å². The van der Waals surface area contributed by atoms with Gasteiger partial charge in [-0.3, -0.25) is 4.98 Å². The fourth-order valence-electron chi connectivity index (χ4n) is 2.24. The number of aromatic carboxylic acids is 1. The minimum absolute atomic E-state index is 0.336. The van der Waals surface area contributed by atoms with Crippen LogP contribution in [0, 0.1) is 0 Å². The number of carboxylic acids is 1. The summed E-state index contributed by atoms with van der Waals surface area (Å²) < 4.78 is 2.03. The van der Waals surface area contributed by atoms with Crippen LogP contribution in [0.2, 0.25) is 0 Å². The van der Waals surface area contributed by atoms with Crippen molar-refractivity contribution in [3.63, 3.8) is 0 Å². The fraction of sp³-hybridized carbons (Fsp3) is 0.0667. The van der Waals surface area contributed by atoms with E-state index in [0.717, 1.165) is 16.5 Å². The number of fused-ring (bicyclic) bond motifs is 1. The zero-order valence-corrected chi connectivity index (χ0v) is 10.2. The minimum atomic E-state index is -0.898. The van der Waals surface area contributed by atoms with E-state index < -0.39 is 5.97 Å². The number of carbonyl (C=O) groups is 1. The first-order chi connectivity index (χ1) is 9.25. The molecule has 0 amide bonds. The fourth-order valence-corrected chi connectivity index (χ4v) is 2.24. The molecule has 19 heavy (non-hydrogen) atoms. The third-order valence-corrected chi connectivity index (χ3v) is 3.12. The first-order valence-corrected chi connectivity index (χ1v) is 5.96. The number of rotatable bonds is 3. The molecule has 0 radical (unpaired) electrons. The van der Waals surface area contributed by atoms with Crippen molar-refractivity contribution in [1.29, 1.82) is 0 Å². The van der Waals surface area contributed by atoms with E-state index in [1.807, 2.05) is 41.2 Å². The number of hydrogen-bond acceptors (Lipinski definition) is 2. The highest BCUT2D eigenvalue weighted by Gasteiger charge is 2.10. The smallest absolute Gasteiger partial charge is 0.336 e. The van der Waals surface area contributed by atoms with Crippen LogP contribution in [0.4, 0.5) is 0 Å². The van der Waals surface area contributed by atoms with Crippen molar-refractivity contribution in [2.24, 2.45) is 0 Å². The molecule has 4 nitrogen and oxygen atoms in total. The first kappa shape index (κ1) is 11.5. The van der Waals surface area contributed by atoms with Crippen LogP contribution in [-0.4, -0.2) is 20.6 Å². The Labute approximate surface area is 109 Å². The average Bonchev–Trinajstić information content (AvgIpc) is 2.83. The van der Waals surface area contributed by atoms with E-state index in [9.17, 15) is 4.79 Å². The van der Waals surface area contributed by atoms with Crippen LogP contribution in [0.25, 0.3) is 10.9 Å². The van der Waals surface area contributed by atoms with Crippen LogP contribution in [-0.2, 0) is 6.54 Å². The molecule has 2 heterocycles. The molecule has 0 saturated carbocycles. The molecular weight excluding hydrogens is 240 g/mol. The minimum Gasteiger partial charge on any atom is -0.478 e. The summed E-state index contributed by atoms with van der Waals surface area (Å²) >= 11 is 0. The quantitative estimate of drug-likeness (QED) is 0.779. The summed E-state index contributed by atoms with van der Waals surface area (Å²) in [4.78, 5) is 15.2. The second kappa shape index (κ2) is 4.57. The number of aromatic nitrogens is 2. The van der Waals surface area contributed by atoms with Gasteiger partial charge in [-0.25, -0.2) is 4.79 Å². The van der Waals surface area contributed by atoms with Crippen LogP contribution in [0.5, 0.6) is 0 Å². The van der Waals surface area contributed by atoms with Crippen molar-refractivity contribution < 1.29 is 9.90 Å². The Kier molecular flexibility index (Phi) is 2.76. The first-order valence-electron chi connectivity index (χ1n) is 5.96. The summed E-state index contributed by atoms with van der Waals surface area (Å²) in [6.07, 6.45) is 5.46. The number of carboxylic acid groups (broad SMARTS) is 1. The monoisotopic (exact) mass is 252 g/mol. The number of pyridine rings is 1. The lowest BCUT2D eigenvalue weighted by Crippen LogP contribution is -2.00. The van der Waals surface area contributed by atoms with E-state index in [1.165, 1.54) is 0 Å². The molecule has 94 valence electrons. The van der Waals surface area contributed by atoms with Crippen LogP contribution < -0.4 is 0 Å². The van der Waals surface area contributed by atoms with E-state index in [2.05, 4.69) is 4.98 Å². The van der Waals surface area contributed by atoms with Gasteiger partial charge < -0.3 is 9.67 Å². The van der Waals surface area contributed by atoms with Gasteiger partial charge in [0.05, 0.1) is 5.56 Å². The lowest BCUT2D eigenvalue weighted by molar-refractivity contribution is 0.0699. The molecule has 1 aromatic carbocycles. The van der Waals surface area contributed by atoms with Gasteiger partial charge in [0, 0.05) is 36.0 Å². The van der Waals surface area contributed by atoms with Gasteiger partial charge in [-0.2, -0.15) is 0 Å². The van der Waals surface area contributed by atoms with Gasteiger partial charge in [0.25, 0.3) is 0 Å². The summed E-state index contributed by atoms with van der Waals surface area (Å²) in [5, 5.41) is 9.93. The predicted molar refractivity (Wildman–Crippen MR) is 72.2 cm³/mol. The molecular formula is C15H12N2O2. The molecule has 3 rings (SSSR count). The summed E-state index contributed by atoms with van der Waals surface area (Å²) in [7, 11) is 0. The Morgan fingerprint density at radius 3 is 2.84 bits per heavy atom. The maximum Gasteiger partial charge on any atom is 0.336 e. The van der Waals surface area contributed by atoms with Crippen molar-refractivity contribution in [3.05, 3.63) is 66.1 Å². The van der Waals surface area contributed by atoms with E-state index in [1.54, 1.807) is 18.3 Å². The molecule has 0 spiro atoms. The summed E-state index contributed by atoms with van der Waals surface area (Å²) in [5.41, 5.74) is 2.34. The lowest BCUT2D eigenvalue weighted by Gasteiger charge is -2.05. The summed E-state index contributed by atoms with van der Waals surface area (Å²) in [6.45, 7) is 0.681. The maximum atomic E-state index is 11.2. The molecule has 3 aromatic rings. The molecule has 0 unspecified atom stereocenters. The van der Waals surface area contributed by atoms with Crippen molar-refractivity contribution in [3.8, 4) is 0 Å². The van der Waals surface area contributed by atoms with Gasteiger partial charge in [-0.15, -0.1) is 0 Å². The normalized spacial score (nSPS) is 10.7. The van der Waals surface area contributed by atoms with E-state index in [-0.39, 0.29) is 0 Å². The number of hydrogen-bond donors (Lipinski definition) is 1. The Morgan fingerprint density at radius 1 is 1.21 bits per heavy atom. The van der Waals surface area contributed by atoms with Crippen LogP contribution in [0.1, 0.15) is 15.9 Å². The van der Waals surface area contributed by atoms with Crippen LogP contribution >= 0.6 is 0 Å². The summed E-state index contributed by atoms with van der Waals surface area (Å²) in [5.74, 6) is -0.898. The lowest BCUT2D eigenvalue weighted by atomic mass is 10.1. The van der Waals surface area contributed by atoms with Crippen molar-refractivity contribution in [1.82, 2.24) is 9.55 Å². The topological polar surface area (TPSA) is 55.1 Å². The molecule has 1 N–H and O–H groups in total. The zero-order valence-electron chi connectivity index (χ0n) is 10.2. The largest absolute Gasteiger partial charge is 0.478 e. The highest BCUT2D eigenvalue weighted by Crippen LogP contribution is 2.21. The van der Waals surface area contributed by atoms with Crippen molar-refractivity contribution >= 4 is 16.9 Å². The molecule has 0 aliphatic rings. The van der Waals surface area contributed by atoms with E-state index in [0.29, 0.717) is 12.1 Å². The van der Waals surface area contributed by atoms with Gasteiger partial charge in [-0.1, -0.05) is 12.1 Å². The molecule has 4 heteroatoms. The Hall–Kier alpha value is -2.62. The molecule has 0 bridgehead atoms. The molecule has 0 aliphatic carbocycles. The number of nitrogens with zero attached hydrogens (tertiary/aromatic N) is 2. The summed E-state index contributed by atoms with van der Waals surface area (Å²) in [6, 6.07) is 11.1.